The second kappa shape index (κ2) is 21.3. The van der Waals surface area contributed by atoms with Crippen LogP contribution in [-0.4, -0.2) is 49.6 Å². The molecule has 316 valence electrons. The number of nitrogens with zero attached hydrogens (tertiary/aromatic N) is 4. The van der Waals surface area contributed by atoms with E-state index in [-0.39, 0.29) is 48.3 Å². The smallest absolute Gasteiger partial charge is 0.657 e. The number of aryl methyl sites for hydroxylation is 2. The molecule has 3 aromatic heterocycles. The monoisotopic (exact) mass is 852 g/mol. The number of aliphatic carboxylic acids is 2. The Morgan fingerprint density at radius 1 is 0.700 bits per heavy atom. The maximum Gasteiger partial charge on any atom is 2.00 e. The van der Waals surface area contributed by atoms with Crippen molar-refractivity contribution in [3.05, 3.63) is 111 Å². The zero-order chi connectivity index (χ0) is 43.0. The number of carboxylic acids is 2. The number of allylic oxidation sites excluding steroid dienone is 9. The van der Waals surface area contributed by atoms with Gasteiger partial charge in [-0.15, -0.1) is 22.1 Å². The summed E-state index contributed by atoms with van der Waals surface area (Å²) in [6, 6.07) is 7.13. The summed E-state index contributed by atoms with van der Waals surface area (Å²) < 4.78 is 0. The predicted octanol–water partition coefficient (Wildman–Crippen LogP) is 10.6. The van der Waals surface area contributed by atoms with Crippen molar-refractivity contribution in [1.82, 2.24) is 19.9 Å². The van der Waals surface area contributed by atoms with E-state index in [9.17, 15) is 29.7 Å². The van der Waals surface area contributed by atoms with Crippen LogP contribution >= 0.6 is 0 Å². The summed E-state index contributed by atoms with van der Waals surface area (Å²) in [6.07, 6.45) is 13.4. The Kier molecular flexibility index (Phi) is 16.8. The van der Waals surface area contributed by atoms with Crippen molar-refractivity contribution < 1.29 is 46.8 Å². The molecule has 0 aromatic carbocycles. The van der Waals surface area contributed by atoms with Crippen molar-refractivity contribution in [1.29, 1.82) is 0 Å². The average Bonchev–Trinajstić information content (AvgIpc) is 3.85. The van der Waals surface area contributed by atoms with Crippen LogP contribution in [-0.2, 0) is 33.1 Å². The Bertz CT molecular complexity index is 2490. The van der Waals surface area contributed by atoms with Gasteiger partial charge in [-0.3, -0.25) is 14.4 Å². The van der Waals surface area contributed by atoms with E-state index in [2.05, 4.69) is 52.5 Å². The Morgan fingerprint density at radius 2 is 1.23 bits per heavy atom. The molecule has 2 aliphatic heterocycles. The molecular formula is C49H56FeN4O6. The first-order valence-corrected chi connectivity index (χ1v) is 20.3. The number of hydrogen-bond acceptors (Lipinski definition) is 6. The van der Waals surface area contributed by atoms with Crippen LogP contribution in [0.25, 0.3) is 50.4 Å². The van der Waals surface area contributed by atoms with Gasteiger partial charge in [-0.1, -0.05) is 83.0 Å². The number of carbonyl (C=O) groups is 3. The van der Waals surface area contributed by atoms with E-state index in [1.165, 1.54) is 16.7 Å². The van der Waals surface area contributed by atoms with Gasteiger partial charge in [-0.2, -0.15) is 0 Å². The van der Waals surface area contributed by atoms with Crippen LogP contribution in [0.5, 0.6) is 0 Å². The summed E-state index contributed by atoms with van der Waals surface area (Å²) in [4.78, 5) is 56.0. The number of aromatic nitrogens is 4. The Labute approximate surface area is 363 Å². The quantitative estimate of drug-likeness (QED) is 0.0637. The summed E-state index contributed by atoms with van der Waals surface area (Å²) in [5, 5.41) is 31.0. The third-order valence-corrected chi connectivity index (χ3v) is 11.1. The van der Waals surface area contributed by atoms with Crippen LogP contribution in [0.4, 0.5) is 0 Å². The molecule has 1 atom stereocenters. The standard InChI is InChI=1S/C49H58N4O6.Fe/c1-9-34-31(6)39-25-45-49(46(55)18-12-17-30(5)16-11-15-29(4)14-10-13-28(2)3)33(8)40(52-45)24-44-37(27-54)36(20-22-48(58)59)43(53-44)26-42-35(19-21-47(56)57)32(7)38(51-42)23-41(34)50-39;/h9,13,15,17,23-27,46,55H,1,10-12,14,16,18-22H2,2-8H3,(H4,50,51,52,53,54,56,57,58,59);/q;+2/p-2/b29-15+,30-17-,38-23?,39-25?,40-24?,41-23?,42-26?,43-26?,44-24?,45-25?;/t46-;/m0./s1. The maximum absolute atomic E-state index is 12.8. The zero-order valence-corrected chi connectivity index (χ0v) is 36.9. The van der Waals surface area contributed by atoms with Gasteiger partial charge in [0.2, 0.25) is 0 Å². The van der Waals surface area contributed by atoms with E-state index in [0.717, 1.165) is 48.0 Å². The number of rotatable bonds is 18. The van der Waals surface area contributed by atoms with Gasteiger partial charge in [0.15, 0.2) is 0 Å². The van der Waals surface area contributed by atoms with Crippen molar-refractivity contribution in [2.24, 2.45) is 0 Å². The Balaban J connectivity index is 0.00000794. The molecule has 0 fully saturated rings. The first-order valence-electron chi connectivity index (χ1n) is 20.3. The molecule has 2 aliphatic rings. The van der Waals surface area contributed by atoms with Crippen molar-refractivity contribution >= 4 is 68.7 Å². The maximum atomic E-state index is 12.8. The van der Waals surface area contributed by atoms with Crippen LogP contribution in [0.1, 0.15) is 149 Å². The van der Waals surface area contributed by atoms with Crippen molar-refractivity contribution in [2.45, 2.75) is 119 Å². The first-order chi connectivity index (χ1) is 28.1. The molecule has 0 saturated carbocycles. The summed E-state index contributed by atoms with van der Waals surface area (Å²) in [5.41, 5.74) is 13.3. The van der Waals surface area contributed by atoms with E-state index >= 15 is 0 Å². The summed E-state index contributed by atoms with van der Waals surface area (Å²) in [7, 11) is 0. The van der Waals surface area contributed by atoms with Gasteiger partial charge in [0.25, 0.3) is 0 Å². The third kappa shape index (κ3) is 11.5. The molecule has 0 saturated heterocycles. The fourth-order valence-electron chi connectivity index (χ4n) is 7.72. The fraction of sp³-hybridized carbons (Fsp3) is 0.367. The number of fused-ring (bicyclic) bond motifs is 8. The van der Waals surface area contributed by atoms with Gasteiger partial charge in [0.1, 0.15) is 6.29 Å². The number of aldehydes is 1. The Morgan fingerprint density at radius 3 is 1.85 bits per heavy atom. The van der Waals surface area contributed by atoms with Crippen LogP contribution in [0.3, 0.4) is 0 Å². The van der Waals surface area contributed by atoms with Gasteiger partial charge in [-0.25, -0.2) is 9.97 Å². The van der Waals surface area contributed by atoms with E-state index in [1.807, 2.05) is 32.9 Å². The number of aliphatic hydroxyl groups is 1. The van der Waals surface area contributed by atoms with E-state index in [4.69, 9.17) is 19.9 Å². The minimum Gasteiger partial charge on any atom is -0.657 e. The van der Waals surface area contributed by atoms with Gasteiger partial charge in [-0.05, 0) is 122 Å². The number of hydrogen-bond donors (Lipinski definition) is 3. The number of aliphatic hydroxyl groups excluding tert-OH is 1. The van der Waals surface area contributed by atoms with Gasteiger partial charge >= 0.3 is 29.0 Å². The molecule has 8 bridgehead atoms. The summed E-state index contributed by atoms with van der Waals surface area (Å²) in [5.74, 6) is -1.98. The molecule has 10 nitrogen and oxygen atoms in total. The molecule has 0 amide bonds. The minimum absolute atomic E-state index is 0. The van der Waals surface area contributed by atoms with Gasteiger partial charge in [0.05, 0.1) is 28.9 Å². The molecular weight excluding hydrogens is 796 g/mol. The zero-order valence-electron chi connectivity index (χ0n) is 35.8. The SMILES string of the molecule is C=Cc1c(C)c2cc3nc(cc4[n-]c(cc5nc(cc1[n-]2)C(C)=C5CCC(=O)O)c(CCC(=O)O)c4C=O)C(C)=C3[C@@H](O)CC/C=C(/C)CC/C=C(\C)CCC=C(C)C.[Fe+2]. The second-order valence-corrected chi connectivity index (χ2v) is 15.8. The molecule has 60 heavy (non-hydrogen) atoms. The summed E-state index contributed by atoms with van der Waals surface area (Å²) in [6.45, 7) is 18.4. The molecule has 0 aliphatic carbocycles. The largest absolute Gasteiger partial charge is 2.00 e. The molecule has 0 spiro atoms. The van der Waals surface area contributed by atoms with E-state index < -0.39 is 18.0 Å². The van der Waals surface area contributed by atoms with Gasteiger partial charge < -0.3 is 25.3 Å². The summed E-state index contributed by atoms with van der Waals surface area (Å²) >= 11 is 0. The van der Waals surface area contributed by atoms with E-state index in [0.29, 0.717) is 80.7 Å². The minimum atomic E-state index is -1.02. The Hall–Kier alpha value is -5.35. The first kappa shape index (κ1) is 47.3. The van der Waals surface area contributed by atoms with Gasteiger partial charge in [0, 0.05) is 24.0 Å². The predicted molar refractivity (Wildman–Crippen MR) is 238 cm³/mol. The van der Waals surface area contributed by atoms with Crippen molar-refractivity contribution in [3.63, 3.8) is 0 Å². The molecule has 3 N–H and O–H groups in total. The normalized spacial score (nSPS) is 13.6. The van der Waals surface area contributed by atoms with Crippen LogP contribution in [0, 0.1) is 6.92 Å². The number of carboxylic acid groups (broad SMARTS) is 2. The third-order valence-electron chi connectivity index (χ3n) is 11.1. The van der Waals surface area contributed by atoms with Crippen LogP contribution in [0.2, 0.25) is 0 Å². The van der Waals surface area contributed by atoms with E-state index in [1.54, 1.807) is 18.2 Å². The number of carbonyl (C=O) groups excluding carboxylic acids is 1. The molecule has 0 unspecified atom stereocenters. The molecule has 5 rings (SSSR count). The second-order valence-electron chi connectivity index (χ2n) is 15.8. The fourth-order valence-corrected chi connectivity index (χ4v) is 7.72. The van der Waals surface area contributed by atoms with Crippen LogP contribution < -0.4 is 9.97 Å². The van der Waals surface area contributed by atoms with Crippen LogP contribution in [0.15, 0.2) is 65.8 Å². The average molecular weight is 853 g/mol. The topological polar surface area (TPSA) is 166 Å². The van der Waals surface area contributed by atoms with Crippen molar-refractivity contribution in [2.75, 3.05) is 0 Å². The molecule has 11 heteroatoms. The molecule has 0 radical (unpaired) electrons. The molecule has 3 aromatic rings. The molecule has 5 heterocycles. The van der Waals surface area contributed by atoms with Crippen molar-refractivity contribution in [3.8, 4) is 0 Å².